The normalized spacial score (nSPS) is 11.5. The Bertz CT molecular complexity index is 337. The van der Waals surface area contributed by atoms with E-state index in [4.69, 9.17) is 0 Å². The molecule has 8 heteroatoms. The first kappa shape index (κ1) is 30.4. The smallest absolute Gasteiger partial charge is 0.875 e. The van der Waals surface area contributed by atoms with Crippen molar-refractivity contribution in [3.8, 4) is 0 Å². The summed E-state index contributed by atoms with van der Waals surface area (Å²) in [7, 11) is 0. The van der Waals surface area contributed by atoms with Crippen LogP contribution in [0, 0.1) is 0 Å². The zero-order chi connectivity index (χ0) is 18.8. The van der Waals surface area contributed by atoms with Crippen LogP contribution in [-0.4, -0.2) is 48.6 Å². The van der Waals surface area contributed by atoms with Gasteiger partial charge < -0.3 is 24.8 Å². The Balaban J connectivity index is -0.000000128. The topological polar surface area (TPSA) is 122 Å². The number of hydrogen-bond acceptors (Lipinski definition) is 7. The van der Waals surface area contributed by atoms with E-state index in [-0.39, 0.29) is 35.0 Å². The standard InChI is InChI=1S/2C6H10O3.C4H9O.Al/c2*1-3-9-6(8)4-5(2)7;1-3-4(2)5;/h2*4,7H,3H2,1-2H3;4H,3H2,1-2H3;/q;;-1;+3/p-2/b2*5-4-;;. The maximum absolute atomic E-state index is 10.4. The summed E-state index contributed by atoms with van der Waals surface area (Å²) in [5.41, 5.74) is 0. The Kier molecular flexibility index (Phi) is 27.2. The van der Waals surface area contributed by atoms with Gasteiger partial charge in [0.1, 0.15) is 0 Å². The van der Waals surface area contributed by atoms with Gasteiger partial charge in [-0.05, 0) is 13.8 Å². The fourth-order valence-corrected chi connectivity index (χ4v) is 0.700. The van der Waals surface area contributed by atoms with Crippen molar-refractivity contribution >= 4 is 29.3 Å². The van der Waals surface area contributed by atoms with Crippen LogP contribution in [0.2, 0.25) is 0 Å². The van der Waals surface area contributed by atoms with E-state index >= 15 is 0 Å². The zero-order valence-electron chi connectivity index (χ0n) is 15.3. The fraction of sp³-hybridized carbons (Fsp3) is 0.625. The predicted molar refractivity (Wildman–Crippen MR) is 86.3 cm³/mol. The Labute approximate surface area is 155 Å². The average molecular weight is 358 g/mol. The van der Waals surface area contributed by atoms with Crippen LogP contribution < -0.4 is 15.3 Å². The molecule has 0 aromatic carbocycles. The maximum atomic E-state index is 10.4. The van der Waals surface area contributed by atoms with Crippen molar-refractivity contribution in [2.75, 3.05) is 13.2 Å². The molecule has 0 amide bonds. The zero-order valence-corrected chi connectivity index (χ0v) is 16.4. The third kappa shape index (κ3) is 37.1. The van der Waals surface area contributed by atoms with E-state index in [9.17, 15) is 24.9 Å². The number of rotatable bonds is 5. The van der Waals surface area contributed by atoms with Crippen molar-refractivity contribution < 1.29 is 34.4 Å². The van der Waals surface area contributed by atoms with Crippen LogP contribution in [0.5, 0.6) is 0 Å². The monoisotopic (exact) mass is 358 g/mol. The summed E-state index contributed by atoms with van der Waals surface area (Å²) in [6, 6.07) is 0. The van der Waals surface area contributed by atoms with Crippen LogP contribution in [-0.2, 0) is 19.1 Å². The van der Waals surface area contributed by atoms with E-state index < -0.39 is 11.9 Å². The van der Waals surface area contributed by atoms with Gasteiger partial charge in [-0.3, -0.25) is 0 Å². The molecule has 1 atom stereocenters. The Morgan fingerprint density at radius 1 is 0.917 bits per heavy atom. The molecule has 136 valence electrons. The SMILES string of the molecule is CCC(C)[O-].CCOC(=O)/C=C(/C)[O-].CCOC(=O)/C=C(/C)[O-].[Al+3]. The van der Waals surface area contributed by atoms with Crippen molar-refractivity contribution in [1.82, 2.24) is 0 Å². The summed E-state index contributed by atoms with van der Waals surface area (Å²) in [4.78, 5) is 20.7. The molecule has 0 heterocycles. The number of carbonyl (C=O) groups excluding carboxylic acids is 2. The first-order chi connectivity index (χ1) is 10.6. The molecule has 0 N–H and O–H groups in total. The minimum Gasteiger partial charge on any atom is -0.875 e. The van der Waals surface area contributed by atoms with Crippen LogP contribution in [0.1, 0.15) is 48.0 Å². The molecule has 0 aromatic rings. The number of carbonyl (C=O) groups is 2. The van der Waals surface area contributed by atoms with Crippen LogP contribution in [0.25, 0.3) is 0 Å². The molecule has 0 rings (SSSR count). The molecular formula is C16H27AlO7. The molecule has 0 saturated carbocycles. The van der Waals surface area contributed by atoms with Crippen molar-refractivity contribution in [1.29, 1.82) is 0 Å². The molecule has 24 heavy (non-hydrogen) atoms. The molecule has 0 aliphatic heterocycles. The van der Waals surface area contributed by atoms with Crippen LogP contribution in [0.3, 0.4) is 0 Å². The summed E-state index contributed by atoms with van der Waals surface area (Å²) >= 11 is 0. The van der Waals surface area contributed by atoms with Crippen molar-refractivity contribution in [2.24, 2.45) is 0 Å². The molecule has 0 radical (unpaired) electrons. The van der Waals surface area contributed by atoms with Crippen LogP contribution >= 0.6 is 0 Å². The number of hydrogen-bond donors (Lipinski definition) is 0. The molecule has 0 fully saturated rings. The van der Waals surface area contributed by atoms with E-state index in [0.717, 1.165) is 18.6 Å². The van der Waals surface area contributed by atoms with Gasteiger partial charge in [-0.1, -0.05) is 34.1 Å². The van der Waals surface area contributed by atoms with Gasteiger partial charge in [-0.15, -0.1) is 17.6 Å². The molecule has 0 bridgehead atoms. The first-order valence-electron chi connectivity index (χ1n) is 7.30. The molecule has 0 saturated heterocycles. The summed E-state index contributed by atoms with van der Waals surface area (Å²) < 4.78 is 8.87. The number of allylic oxidation sites excluding steroid dienone is 2. The van der Waals surface area contributed by atoms with Crippen LogP contribution in [0.15, 0.2) is 23.7 Å². The average Bonchev–Trinajstić information content (AvgIpc) is 2.38. The van der Waals surface area contributed by atoms with Gasteiger partial charge in [0.15, 0.2) is 0 Å². The van der Waals surface area contributed by atoms with Gasteiger partial charge in [-0.2, -0.15) is 0 Å². The summed E-state index contributed by atoms with van der Waals surface area (Å²) in [5.74, 6) is -1.70. The second-order valence-corrected chi connectivity index (χ2v) is 4.23. The Morgan fingerprint density at radius 3 is 1.29 bits per heavy atom. The van der Waals surface area contributed by atoms with Crippen LogP contribution in [0.4, 0.5) is 0 Å². The summed E-state index contributed by atoms with van der Waals surface area (Å²) in [6.45, 7) is 10.1. The minimum absolute atomic E-state index is 0. The van der Waals surface area contributed by atoms with Gasteiger partial charge >= 0.3 is 29.3 Å². The van der Waals surface area contributed by atoms with Gasteiger partial charge in [0.2, 0.25) is 0 Å². The van der Waals surface area contributed by atoms with Gasteiger partial charge in [-0.25, -0.2) is 9.59 Å². The van der Waals surface area contributed by atoms with Crippen molar-refractivity contribution in [3.63, 3.8) is 0 Å². The van der Waals surface area contributed by atoms with Gasteiger partial charge in [0.25, 0.3) is 0 Å². The summed E-state index contributed by atoms with van der Waals surface area (Å²) in [5, 5.41) is 30.2. The molecule has 0 aliphatic carbocycles. The maximum Gasteiger partial charge on any atom is 3.00 e. The summed E-state index contributed by atoms with van der Waals surface area (Å²) in [6.07, 6.45) is 2.22. The number of esters is 2. The van der Waals surface area contributed by atoms with Gasteiger partial charge in [0.05, 0.1) is 13.2 Å². The quantitative estimate of drug-likeness (QED) is 0.278. The molecule has 1 unspecified atom stereocenters. The predicted octanol–water partition coefficient (Wildman–Crippen LogP) is -0.608. The molecular weight excluding hydrogens is 331 g/mol. The van der Waals surface area contributed by atoms with E-state index in [2.05, 4.69) is 9.47 Å². The minimum atomic E-state index is -0.565. The van der Waals surface area contributed by atoms with E-state index in [0.29, 0.717) is 13.2 Å². The van der Waals surface area contributed by atoms with E-state index in [1.807, 2.05) is 6.92 Å². The molecule has 0 spiro atoms. The van der Waals surface area contributed by atoms with E-state index in [1.54, 1.807) is 20.8 Å². The largest absolute Gasteiger partial charge is 3.00 e. The molecule has 7 nitrogen and oxygen atoms in total. The second-order valence-electron chi connectivity index (χ2n) is 4.23. The van der Waals surface area contributed by atoms with Crippen molar-refractivity contribution in [2.45, 2.75) is 54.1 Å². The van der Waals surface area contributed by atoms with E-state index in [1.165, 1.54) is 13.8 Å². The first-order valence-corrected chi connectivity index (χ1v) is 7.30. The fourth-order valence-electron chi connectivity index (χ4n) is 0.700. The Morgan fingerprint density at radius 2 is 1.17 bits per heavy atom. The Hall–Kier alpha value is -1.49. The third-order valence-electron chi connectivity index (χ3n) is 1.79. The number of ether oxygens (including phenoxy) is 2. The van der Waals surface area contributed by atoms with Crippen molar-refractivity contribution in [3.05, 3.63) is 23.7 Å². The third-order valence-corrected chi connectivity index (χ3v) is 1.79. The molecule has 0 aliphatic rings. The molecule has 0 aromatic heterocycles. The van der Waals surface area contributed by atoms with Gasteiger partial charge in [0, 0.05) is 12.2 Å². The second kappa shape index (κ2) is 21.5.